The monoisotopic (exact) mass is 261 g/mol. The van der Waals surface area contributed by atoms with E-state index < -0.39 is 0 Å². The van der Waals surface area contributed by atoms with Gasteiger partial charge in [0, 0.05) is 19.6 Å². The second-order valence-electron chi connectivity index (χ2n) is 5.07. The second-order valence-corrected chi connectivity index (χ2v) is 5.07. The van der Waals surface area contributed by atoms with Crippen molar-refractivity contribution in [3.63, 3.8) is 0 Å². The molecule has 0 bridgehead atoms. The van der Waals surface area contributed by atoms with Gasteiger partial charge in [-0.05, 0) is 31.6 Å². The first kappa shape index (κ1) is 12.3. The first-order chi connectivity index (χ1) is 9.33. The average molecular weight is 261 g/mol. The molecule has 1 saturated heterocycles. The van der Waals surface area contributed by atoms with Crippen LogP contribution in [0, 0.1) is 5.92 Å². The lowest BCUT2D eigenvalue weighted by Crippen LogP contribution is -2.15. The Morgan fingerprint density at radius 1 is 1.32 bits per heavy atom. The fourth-order valence-electron chi connectivity index (χ4n) is 2.60. The smallest absolute Gasteiger partial charge is 0.183 e. The van der Waals surface area contributed by atoms with Crippen LogP contribution in [0.15, 0.2) is 6.33 Å². The number of aryl methyl sites for hydroxylation is 1. The predicted molar refractivity (Wildman–Crippen MR) is 72.6 cm³/mol. The van der Waals surface area contributed by atoms with E-state index in [1.165, 1.54) is 19.3 Å². The number of nitrogens with two attached hydrogens (primary N) is 1. The van der Waals surface area contributed by atoms with Gasteiger partial charge in [0.05, 0.1) is 6.33 Å². The summed E-state index contributed by atoms with van der Waals surface area (Å²) in [7, 11) is 0. The van der Waals surface area contributed by atoms with E-state index in [4.69, 9.17) is 10.5 Å². The fraction of sp³-hybridized carbons (Fsp3) is 0.615. The molecule has 3 rings (SSSR count). The van der Waals surface area contributed by atoms with Crippen LogP contribution in [-0.4, -0.2) is 33.1 Å². The molecule has 6 heteroatoms. The Hall–Kier alpha value is -1.69. The molecule has 1 aliphatic rings. The van der Waals surface area contributed by atoms with Gasteiger partial charge in [-0.25, -0.2) is 15.0 Å². The maximum absolute atomic E-state index is 5.88. The molecule has 6 nitrogen and oxygen atoms in total. The second kappa shape index (κ2) is 5.52. The molecular weight excluding hydrogens is 242 g/mol. The van der Waals surface area contributed by atoms with E-state index in [9.17, 15) is 0 Å². The van der Waals surface area contributed by atoms with E-state index in [1.54, 1.807) is 6.33 Å². The molecule has 1 fully saturated rings. The van der Waals surface area contributed by atoms with Crippen LogP contribution >= 0.6 is 0 Å². The molecular formula is C13H19N5O. The lowest BCUT2D eigenvalue weighted by atomic mass is 9.94. The molecule has 0 aliphatic carbocycles. The number of hydrogen-bond acceptors (Lipinski definition) is 5. The number of imidazole rings is 1. The maximum Gasteiger partial charge on any atom is 0.183 e. The van der Waals surface area contributed by atoms with Gasteiger partial charge >= 0.3 is 0 Å². The SMILES string of the molecule is Nc1nc(CCCC2CCOCC2)nc2nc[nH]c12. The molecule has 0 aromatic carbocycles. The third kappa shape index (κ3) is 2.84. The number of rotatable bonds is 4. The van der Waals surface area contributed by atoms with Crippen LogP contribution in [0.25, 0.3) is 11.2 Å². The van der Waals surface area contributed by atoms with Crippen LogP contribution in [0.2, 0.25) is 0 Å². The van der Waals surface area contributed by atoms with Crippen molar-refractivity contribution < 1.29 is 4.74 Å². The summed E-state index contributed by atoms with van der Waals surface area (Å²) < 4.78 is 5.37. The first-order valence-electron chi connectivity index (χ1n) is 6.86. The van der Waals surface area contributed by atoms with Crippen LogP contribution in [0.5, 0.6) is 0 Å². The number of aromatic nitrogens is 4. The standard InChI is InChI=1S/C13H19N5O/c14-12-11-13(16-8-15-11)18-10(17-12)3-1-2-9-4-6-19-7-5-9/h8-9H,1-7H2,(H3,14,15,16,17,18). The van der Waals surface area contributed by atoms with Gasteiger partial charge in [-0.3, -0.25) is 0 Å². The van der Waals surface area contributed by atoms with Crippen molar-refractivity contribution in [3.8, 4) is 0 Å². The third-order valence-corrected chi connectivity index (χ3v) is 3.71. The Morgan fingerprint density at radius 3 is 3.00 bits per heavy atom. The highest BCUT2D eigenvalue weighted by Crippen LogP contribution is 2.21. The topological polar surface area (TPSA) is 89.7 Å². The summed E-state index contributed by atoms with van der Waals surface area (Å²) >= 11 is 0. The van der Waals surface area contributed by atoms with E-state index in [-0.39, 0.29) is 0 Å². The number of nitrogen functional groups attached to an aromatic ring is 1. The average Bonchev–Trinajstić information content (AvgIpc) is 2.89. The van der Waals surface area contributed by atoms with Crippen molar-refractivity contribution in [2.45, 2.75) is 32.1 Å². The van der Waals surface area contributed by atoms with Crippen molar-refractivity contribution in [1.29, 1.82) is 0 Å². The third-order valence-electron chi connectivity index (χ3n) is 3.71. The minimum atomic E-state index is 0.489. The zero-order valence-electron chi connectivity index (χ0n) is 10.9. The lowest BCUT2D eigenvalue weighted by molar-refractivity contribution is 0.0633. The Bertz CT molecular complexity index is 547. The lowest BCUT2D eigenvalue weighted by Gasteiger charge is -2.21. The van der Waals surface area contributed by atoms with Gasteiger partial charge in [-0.1, -0.05) is 0 Å². The Kier molecular flexibility index (Phi) is 3.59. The molecule has 3 heterocycles. The minimum absolute atomic E-state index is 0.489. The van der Waals surface area contributed by atoms with Gasteiger partial charge < -0.3 is 15.5 Å². The molecule has 0 atom stereocenters. The number of hydrogen-bond donors (Lipinski definition) is 2. The zero-order valence-corrected chi connectivity index (χ0v) is 10.9. The van der Waals surface area contributed by atoms with Gasteiger partial charge in [0.2, 0.25) is 0 Å². The molecule has 0 radical (unpaired) electrons. The Labute approximate surface area is 111 Å². The van der Waals surface area contributed by atoms with Crippen LogP contribution in [-0.2, 0) is 11.2 Å². The fourth-order valence-corrected chi connectivity index (χ4v) is 2.60. The molecule has 1 aliphatic heterocycles. The largest absolute Gasteiger partial charge is 0.382 e. The van der Waals surface area contributed by atoms with Crippen molar-refractivity contribution in [2.24, 2.45) is 5.92 Å². The Morgan fingerprint density at radius 2 is 2.16 bits per heavy atom. The van der Waals surface area contributed by atoms with Gasteiger partial charge in [-0.2, -0.15) is 0 Å². The van der Waals surface area contributed by atoms with Crippen LogP contribution < -0.4 is 5.73 Å². The summed E-state index contributed by atoms with van der Waals surface area (Å²) in [6.07, 6.45) is 7.14. The molecule has 2 aromatic rings. The van der Waals surface area contributed by atoms with Crippen molar-refractivity contribution in [3.05, 3.63) is 12.2 Å². The van der Waals surface area contributed by atoms with E-state index in [2.05, 4.69) is 19.9 Å². The highest BCUT2D eigenvalue weighted by molar-refractivity contribution is 5.80. The van der Waals surface area contributed by atoms with Crippen LogP contribution in [0.4, 0.5) is 5.82 Å². The first-order valence-corrected chi connectivity index (χ1v) is 6.86. The molecule has 19 heavy (non-hydrogen) atoms. The van der Waals surface area contributed by atoms with Gasteiger partial charge in [0.1, 0.15) is 11.3 Å². The number of H-pyrrole nitrogens is 1. The molecule has 0 unspecified atom stereocenters. The number of nitrogens with one attached hydrogen (secondary N) is 1. The quantitative estimate of drug-likeness (QED) is 0.874. The highest BCUT2D eigenvalue weighted by Gasteiger charge is 2.14. The minimum Gasteiger partial charge on any atom is -0.382 e. The number of nitrogens with zero attached hydrogens (tertiary/aromatic N) is 3. The molecule has 0 spiro atoms. The summed E-state index contributed by atoms with van der Waals surface area (Å²) in [5.74, 6) is 2.08. The zero-order chi connectivity index (χ0) is 13.1. The van der Waals surface area contributed by atoms with Crippen LogP contribution in [0.3, 0.4) is 0 Å². The van der Waals surface area contributed by atoms with Crippen molar-refractivity contribution >= 4 is 17.0 Å². The van der Waals surface area contributed by atoms with E-state index in [0.29, 0.717) is 11.5 Å². The Balaban J connectivity index is 1.58. The normalized spacial score (nSPS) is 17.1. The highest BCUT2D eigenvalue weighted by atomic mass is 16.5. The number of ether oxygens (including phenoxy) is 1. The molecule has 3 N–H and O–H groups in total. The van der Waals surface area contributed by atoms with E-state index in [1.807, 2.05) is 0 Å². The summed E-state index contributed by atoms with van der Waals surface area (Å²) in [5.41, 5.74) is 7.27. The number of fused-ring (bicyclic) bond motifs is 1. The summed E-state index contributed by atoms with van der Waals surface area (Å²) in [6, 6.07) is 0. The molecule has 2 aromatic heterocycles. The van der Waals surface area contributed by atoms with Gasteiger partial charge in [-0.15, -0.1) is 0 Å². The molecule has 0 saturated carbocycles. The molecule has 102 valence electrons. The van der Waals surface area contributed by atoms with E-state index >= 15 is 0 Å². The predicted octanol–water partition coefficient (Wildman–Crippen LogP) is 1.68. The van der Waals surface area contributed by atoms with Gasteiger partial charge in [0.15, 0.2) is 11.5 Å². The van der Waals surface area contributed by atoms with Gasteiger partial charge in [0.25, 0.3) is 0 Å². The maximum atomic E-state index is 5.88. The van der Waals surface area contributed by atoms with Crippen LogP contribution in [0.1, 0.15) is 31.5 Å². The summed E-state index contributed by atoms with van der Waals surface area (Å²) in [5, 5.41) is 0. The number of anilines is 1. The number of aromatic amines is 1. The van der Waals surface area contributed by atoms with E-state index in [0.717, 1.165) is 43.3 Å². The van der Waals surface area contributed by atoms with Crippen molar-refractivity contribution in [2.75, 3.05) is 18.9 Å². The van der Waals surface area contributed by atoms with Crippen molar-refractivity contribution in [1.82, 2.24) is 19.9 Å². The molecule has 0 amide bonds. The summed E-state index contributed by atoms with van der Waals surface area (Å²) in [4.78, 5) is 15.8. The summed E-state index contributed by atoms with van der Waals surface area (Å²) in [6.45, 7) is 1.82.